The van der Waals surface area contributed by atoms with Gasteiger partial charge < -0.3 is 20.9 Å². The second-order valence-electron chi connectivity index (χ2n) is 5.27. The maximum absolute atomic E-state index is 12.3. The normalized spacial score (nSPS) is 17.4. The van der Waals surface area contributed by atoms with Gasteiger partial charge >= 0.3 is 0 Å². The summed E-state index contributed by atoms with van der Waals surface area (Å²) in [7, 11) is 1.70. The van der Waals surface area contributed by atoms with Crippen LogP contribution in [-0.4, -0.2) is 48.0 Å². The molecule has 8 heteroatoms. The fraction of sp³-hybridized carbons (Fsp3) is 0.400. The molecule has 3 N–H and O–H groups in total. The van der Waals surface area contributed by atoms with Gasteiger partial charge in [0.25, 0.3) is 0 Å². The summed E-state index contributed by atoms with van der Waals surface area (Å²) in [5, 5.41) is 9.41. The van der Waals surface area contributed by atoms with Crippen LogP contribution in [-0.2, 0) is 9.59 Å². The van der Waals surface area contributed by atoms with Gasteiger partial charge in [0, 0.05) is 30.8 Å². The van der Waals surface area contributed by atoms with Crippen molar-refractivity contribution >= 4 is 46.4 Å². The molecule has 23 heavy (non-hydrogen) atoms. The molecule has 124 valence electrons. The number of piperazine rings is 1. The van der Waals surface area contributed by atoms with Gasteiger partial charge in [0.15, 0.2) is 5.11 Å². The predicted octanol–water partition coefficient (Wildman–Crippen LogP) is 1.28. The molecule has 1 aromatic carbocycles. The average molecular weight is 355 g/mol. The molecule has 0 unspecified atom stereocenters. The smallest absolute Gasteiger partial charge is 0.243 e. The first-order chi connectivity index (χ1) is 10.9. The Hall–Kier alpha value is -1.86. The van der Waals surface area contributed by atoms with Crippen LogP contribution in [0.2, 0.25) is 5.02 Å². The summed E-state index contributed by atoms with van der Waals surface area (Å²) < 4.78 is 0. The number of halogens is 1. The molecule has 1 saturated heterocycles. The van der Waals surface area contributed by atoms with Gasteiger partial charge in [0.2, 0.25) is 11.8 Å². The maximum atomic E-state index is 12.3. The van der Waals surface area contributed by atoms with Crippen molar-refractivity contribution in [2.24, 2.45) is 0 Å². The van der Waals surface area contributed by atoms with Crippen molar-refractivity contribution in [1.82, 2.24) is 15.5 Å². The molecule has 0 aromatic heterocycles. The summed E-state index contributed by atoms with van der Waals surface area (Å²) in [6.45, 7) is 2.95. The van der Waals surface area contributed by atoms with E-state index in [1.165, 1.54) is 0 Å². The van der Waals surface area contributed by atoms with Gasteiger partial charge in [-0.3, -0.25) is 9.59 Å². The molecule has 1 aliphatic heterocycles. The number of carbonyl (C=O) groups excluding carboxylic acids is 2. The maximum Gasteiger partial charge on any atom is 0.243 e. The van der Waals surface area contributed by atoms with Crippen LogP contribution in [0.5, 0.6) is 0 Å². The lowest BCUT2D eigenvalue weighted by molar-refractivity contribution is -0.130. The summed E-state index contributed by atoms with van der Waals surface area (Å²) in [5.74, 6) is -0.465. The molecule has 6 nitrogen and oxygen atoms in total. The van der Waals surface area contributed by atoms with Crippen LogP contribution in [0.15, 0.2) is 18.2 Å². The van der Waals surface area contributed by atoms with Crippen molar-refractivity contribution in [3.05, 3.63) is 28.8 Å². The van der Waals surface area contributed by atoms with Crippen molar-refractivity contribution in [2.75, 3.05) is 25.5 Å². The highest BCUT2D eigenvalue weighted by atomic mass is 35.5. The minimum atomic E-state index is -0.622. The molecule has 1 fully saturated rings. The van der Waals surface area contributed by atoms with Crippen molar-refractivity contribution in [3.63, 3.8) is 0 Å². The Kier molecular flexibility index (Phi) is 5.79. The lowest BCUT2D eigenvalue weighted by Crippen LogP contribution is -2.59. The van der Waals surface area contributed by atoms with Crippen molar-refractivity contribution in [1.29, 1.82) is 0 Å². The first-order valence-corrected chi connectivity index (χ1v) is 8.03. The molecule has 1 aromatic rings. The molecule has 0 bridgehead atoms. The zero-order valence-electron chi connectivity index (χ0n) is 13.0. The molecule has 0 spiro atoms. The molecule has 0 radical (unpaired) electrons. The highest BCUT2D eigenvalue weighted by molar-refractivity contribution is 7.80. The quantitative estimate of drug-likeness (QED) is 0.713. The van der Waals surface area contributed by atoms with Gasteiger partial charge in [-0.2, -0.15) is 0 Å². The Labute approximate surface area is 145 Å². The molecule has 1 atom stereocenters. The summed E-state index contributed by atoms with van der Waals surface area (Å²) in [6.07, 6.45) is 0.0135. The van der Waals surface area contributed by atoms with E-state index in [1.807, 2.05) is 13.0 Å². The Balaban J connectivity index is 2.09. The summed E-state index contributed by atoms with van der Waals surface area (Å²) in [4.78, 5) is 26.1. The Bertz CT molecular complexity index is 638. The van der Waals surface area contributed by atoms with E-state index in [0.717, 1.165) is 5.56 Å². The summed E-state index contributed by atoms with van der Waals surface area (Å²) in [6, 6.07) is 4.65. The minimum absolute atomic E-state index is 0.0135. The number of carbonyl (C=O) groups is 2. The largest absolute Gasteiger partial charge is 0.366 e. The lowest BCUT2D eigenvalue weighted by Gasteiger charge is -2.36. The number of aryl methyl sites for hydroxylation is 1. The van der Waals surface area contributed by atoms with E-state index in [0.29, 0.717) is 28.9 Å². The lowest BCUT2D eigenvalue weighted by atomic mass is 10.1. The van der Waals surface area contributed by atoms with Crippen LogP contribution < -0.4 is 16.0 Å². The van der Waals surface area contributed by atoms with Gasteiger partial charge in [0.05, 0.1) is 6.42 Å². The average Bonchev–Trinajstić information content (AvgIpc) is 2.52. The number of hydrogen-bond donors (Lipinski definition) is 3. The third-order valence-corrected chi connectivity index (χ3v) is 4.33. The number of nitrogens with zero attached hydrogens (tertiary/aromatic N) is 1. The second kappa shape index (κ2) is 7.61. The topological polar surface area (TPSA) is 73.5 Å². The van der Waals surface area contributed by atoms with E-state index in [-0.39, 0.29) is 18.2 Å². The third-order valence-electron chi connectivity index (χ3n) is 3.66. The number of amides is 2. The Morgan fingerprint density at radius 1 is 1.52 bits per heavy atom. The molecule has 1 heterocycles. The van der Waals surface area contributed by atoms with E-state index in [1.54, 1.807) is 24.1 Å². The highest BCUT2D eigenvalue weighted by Gasteiger charge is 2.32. The first kappa shape index (κ1) is 17.5. The SMILES string of the molecule is CNC(=S)N1CCNC(=O)[C@H]1CC(=O)Nc1cc(Cl)ccc1C. The van der Waals surface area contributed by atoms with Crippen LogP contribution >= 0.6 is 23.8 Å². The fourth-order valence-corrected chi connectivity index (χ4v) is 2.80. The van der Waals surface area contributed by atoms with Gasteiger partial charge in [-0.05, 0) is 36.8 Å². The zero-order chi connectivity index (χ0) is 17.0. The van der Waals surface area contributed by atoms with Gasteiger partial charge in [0.1, 0.15) is 6.04 Å². The van der Waals surface area contributed by atoms with Crippen LogP contribution in [0.4, 0.5) is 5.69 Å². The van der Waals surface area contributed by atoms with E-state index >= 15 is 0 Å². The zero-order valence-corrected chi connectivity index (χ0v) is 14.6. The molecular weight excluding hydrogens is 336 g/mol. The summed E-state index contributed by atoms with van der Waals surface area (Å²) in [5.41, 5.74) is 1.54. The van der Waals surface area contributed by atoms with E-state index in [9.17, 15) is 9.59 Å². The van der Waals surface area contributed by atoms with Crippen LogP contribution in [0.25, 0.3) is 0 Å². The molecule has 1 aliphatic rings. The van der Waals surface area contributed by atoms with Crippen LogP contribution in [0.1, 0.15) is 12.0 Å². The monoisotopic (exact) mass is 354 g/mol. The highest BCUT2D eigenvalue weighted by Crippen LogP contribution is 2.21. The molecular formula is C15H19ClN4O2S. The van der Waals surface area contributed by atoms with E-state index in [2.05, 4.69) is 16.0 Å². The molecule has 2 amide bonds. The minimum Gasteiger partial charge on any atom is -0.366 e. The van der Waals surface area contributed by atoms with Crippen LogP contribution in [0, 0.1) is 6.92 Å². The van der Waals surface area contributed by atoms with Gasteiger partial charge in [-0.25, -0.2) is 0 Å². The number of benzene rings is 1. The van der Waals surface area contributed by atoms with Crippen molar-refractivity contribution < 1.29 is 9.59 Å². The fourth-order valence-electron chi connectivity index (χ4n) is 2.41. The third kappa shape index (κ3) is 4.33. The van der Waals surface area contributed by atoms with Crippen molar-refractivity contribution in [3.8, 4) is 0 Å². The van der Waals surface area contributed by atoms with Crippen molar-refractivity contribution in [2.45, 2.75) is 19.4 Å². The van der Waals surface area contributed by atoms with E-state index in [4.69, 9.17) is 23.8 Å². The first-order valence-electron chi connectivity index (χ1n) is 7.24. The summed E-state index contributed by atoms with van der Waals surface area (Å²) >= 11 is 11.2. The Morgan fingerprint density at radius 3 is 2.96 bits per heavy atom. The number of anilines is 1. The van der Waals surface area contributed by atoms with E-state index < -0.39 is 6.04 Å². The van der Waals surface area contributed by atoms with Gasteiger partial charge in [-0.1, -0.05) is 17.7 Å². The molecule has 0 aliphatic carbocycles. The molecule has 0 saturated carbocycles. The number of thiocarbonyl (C=S) groups is 1. The molecule has 2 rings (SSSR count). The number of rotatable bonds is 3. The predicted molar refractivity (Wildman–Crippen MR) is 94.6 cm³/mol. The Morgan fingerprint density at radius 2 is 2.26 bits per heavy atom. The number of nitrogens with one attached hydrogen (secondary N) is 3. The second-order valence-corrected chi connectivity index (χ2v) is 6.09. The van der Waals surface area contributed by atoms with Gasteiger partial charge in [-0.15, -0.1) is 0 Å². The number of hydrogen-bond acceptors (Lipinski definition) is 3. The standard InChI is InChI=1S/C15H19ClN4O2S/c1-9-3-4-10(16)7-11(9)19-13(21)8-12-14(22)18-5-6-20(12)15(23)17-2/h3-4,7,12H,5-6,8H2,1-2H3,(H,17,23)(H,18,22)(H,19,21)/t12-/m1/s1. The van der Waals surface area contributed by atoms with Crippen LogP contribution in [0.3, 0.4) is 0 Å².